The Kier molecular flexibility index (Phi) is 5.99. The van der Waals surface area contributed by atoms with E-state index in [4.69, 9.17) is 0 Å². The molecule has 0 radical (unpaired) electrons. The Morgan fingerprint density at radius 3 is 2.56 bits per heavy atom. The van der Waals surface area contributed by atoms with E-state index in [2.05, 4.69) is 24.7 Å². The fourth-order valence-electron chi connectivity index (χ4n) is 0.829. The van der Waals surface area contributed by atoms with Crippen LogP contribution in [0, 0.1) is 0 Å². The second-order valence-electron chi connectivity index (χ2n) is 2.44. The van der Waals surface area contributed by atoms with Crippen LogP contribution < -0.4 is 10.9 Å². The fraction of sp³-hybridized carbons (Fsp3) is 1.00. The van der Waals surface area contributed by atoms with Gasteiger partial charge in [-0.05, 0) is 20.4 Å². The third-order valence-corrected chi connectivity index (χ3v) is 1.38. The van der Waals surface area contributed by atoms with Crippen LogP contribution in [0.1, 0.15) is 33.1 Å². The normalized spacial score (nSPS) is 13.7. The number of unbranched alkanes of at least 4 members (excludes halogenated alkanes) is 1. The number of rotatable bonds is 5. The predicted octanol–water partition coefficient (Wildman–Crippen LogP) is 1.29. The average molecular weight is 130 g/mol. The van der Waals surface area contributed by atoms with Crippen molar-refractivity contribution in [3.63, 3.8) is 0 Å². The van der Waals surface area contributed by atoms with E-state index in [0.717, 1.165) is 0 Å². The molecule has 0 aliphatic heterocycles. The van der Waals surface area contributed by atoms with Gasteiger partial charge in [-0.3, -0.25) is 10.9 Å². The molecule has 0 rings (SSSR count). The van der Waals surface area contributed by atoms with E-state index >= 15 is 0 Å². The summed E-state index contributed by atoms with van der Waals surface area (Å²) in [5.74, 6) is 0. The molecule has 0 aromatic carbocycles. The minimum atomic E-state index is 0.606. The lowest BCUT2D eigenvalue weighted by atomic mass is 10.2. The first-order valence-corrected chi connectivity index (χ1v) is 3.73. The molecule has 9 heavy (non-hydrogen) atoms. The van der Waals surface area contributed by atoms with E-state index in [0.29, 0.717) is 6.04 Å². The second-order valence-corrected chi connectivity index (χ2v) is 2.44. The zero-order chi connectivity index (χ0) is 7.11. The van der Waals surface area contributed by atoms with E-state index in [1.165, 1.54) is 19.3 Å². The maximum absolute atomic E-state index is 3.13. The Labute approximate surface area is 58.0 Å². The molecule has 0 unspecified atom stereocenters. The molecule has 0 aliphatic carbocycles. The second kappa shape index (κ2) is 6.05. The molecular weight excluding hydrogens is 112 g/mol. The summed E-state index contributed by atoms with van der Waals surface area (Å²) < 4.78 is 0. The average Bonchev–Trinajstić information content (AvgIpc) is 1.85. The zero-order valence-corrected chi connectivity index (χ0v) is 6.70. The maximum atomic E-state index is 3.13. The van der Waals surface area contributed by atoms with Crippen LogP contribution in [0.5, 0.6) is 0 Å². The summed E-state index contributed by atoms with van der Waals surface area (Å²) in [4.78, 5) is 0. The van der Waals surface area contributed by atoms with E-state index in [1.807, 2.05) is 7.05 Å². The van der Waals surface area contributed by atoms with Crippen molar-refractivity contribution in [1.29, 1.82) is 0 Å². The molecule has 0 aromatic heterocycles. The van der Waals surface area contributed by atoms with Crippen LogP contribution in [0.2, 0.25) is 0 Å². The summed E-state index contributed by atoms with van der Waals surface area (Å²) in [6, 6.07) is 0.606. The van der Waals surface area contributed by atoms with Crippen LogP contribution in [-0.4, -0.2) is 13.1 Å². The summed E-state index contributed by atoms with van der Waals surface area (Å²) in [5, 5.41) is 0. The van der Waals surface area contributed by atoms with Gasteiger partial charge in [-0.25, -0.2) is 0 Å². The van der Waals surface area contributed by atoms with E-state index in [1.54, 1.807) is 0 Å². The lowest BCUT2D eigenvalue weighted by Gasteiger charge is -2.10. The molecule has 0 spiro atoms. The molecular formula is C7H18N2. The van der Waals surface area contributed by atoms with Crippen LogP contribution in [-0.2, 0) is 0 Å². The van der Waals surface area contributed by atoms with Crippen molar-refractivity contribution >= 4 is 0 Å². The van der Waals surface area contributed by atoms with Crippen LogP contribution in [0.25, 0.3) is 0 Å². The van der Waals surface area contributed by atoms with Crippen LogP contribution in [0.15, 0.2) is 0 Å². The zero-order valence-electron chi connectivity index (χ0n) is 6.70. The van der Waals surface area contributed by atoms with E-state index < -0.39 is 0 Å². The predicted molar refractivity (Wildman–Crippen MR) is 41.2 cm³/mol. The van der Waals surface area contributed by atoms with E-state index in [-0.39, 0.29) is 0 Å². The highest BCUT2D eigenvalue weighted by Gasteiger charge is 1.95. The molecule has 0 saturated heterocycles. The Bertz CT molecular complexity index is 54.9. The monoisotopic (exact) mass is 130 g/mol. The van der Waals surface area contributed by atoms with E-state index in [9.17, 15) is 0 Å². The molecule has 0 amide bonds. The van der Waals surface area contributed by atoms with Gasteiger partial charge >= 0.3 is 0 Å². The Balaban J connectivity index is 2.95. The lowest BCUT2D eigenvalue weighted by Crippen LogP contribution is -2.35. The Morgan fingerprint density at radius 1 is 1.44 bits per heavy atom. The molecule has 2 nitrogen and oxygen atoms in total. The SMILES string of the molecule is CCCC[C@@H](C)NNC. The first kappa shape index (κ1) is 8.92. The van der Waals surface area contributed by atoms with Crippen molar-refractivity contribution in [3.8, 4) is 0 Å². The van der Waals surface area contributed by atoms with Crippen LogP contribution in [0.3, 0.4) is 0 Å². The topological polar surface area (TPSA) is 24.1 Å². The molecule has 0 saturated carbocycles. The highest BCUT2D eigenvalue weighted by Crippen LogP contribution is 1.97. The molecule has 0 aromatic rings. The third-order valence-electron chi connectivity index (χ3n) is 1.38. The number of nitrogens with one attached hydrogen (secondary N) is 2. The molecule has 2 N–H and O–H groups in total. The van der Waals surface area contributed by atoms with Gasteiger partial charge in [0.1, 0.15) is 0 Å². The first-order valence-electron chi connectivity index (χ1n) is 3.73. The summed E-state index contributed by atoms with van der Waals surface area (Å²) in [7, 11) is 1.91. The molecule has 2 heteroatoms. The van der Waals surface area contributed by atoms with Crippen molar-refractivity contribution in [1.82, 2.24) is 10.9 Å². The summed E-state index contributed by atoms with van der Waals surface area (Å²) in [6.07, 6.45) is 3.86. The van der Waals surface area contributed by atoms with Gasteiger partial charge in [0.25, 0.3) is 0 Å². The van der Waals surface area contributed by atoms with Gasteiger partial charge in [0, 0.05) is 6.04 Å². The quantitative estimate of drug-likeness (QED) is 0.548. The van der Waals surface area contributed by atoms with Crippen molar-refractivity contribution in [2.24, 2.45) is 0 Å². The first-order chi connectivity index (χ1) is 4.31. The van der Waals surface area contributed by atoms with Crippen molar-refractivity contribution in [2.75, 3.05) is 7.05 Å². The Hall–Kier alpha value is -0.0800. The summed E-state index contributed by atoms with van der Waals surface area (Å²) in [6.45, 7) is 4.40. The van der Waals surface area contributed by atoms with Gasteiger partial charge in [0.05, 0.1) is 0 Å². The third kappa shape index (κ3) is 5.80. The smallest absolute Gasteiger partial charge is 0.0184 e. The largest absolute Gasteiger partial charge is 0.261 e. The highest BCUT2D eigenvalue weighted by molar-refractivity contribution is 4.54. The molecule has 56 valence electrons. The molecule has 0 heterocycles. The van der Waals surface area contributed by atoms with Gasteiger partial charge in [-0.15, -0.1) is 0 Å². The standard InChI is InChI=1S/C7H18N2/c1-4-5-6-7(2)9-8-3/h7-9H,4-6H2,1-3H3/t7-/m1/s1. The van der Waals surface area contributed by atoms with Crippen LogP contribution >= 0.6 is 0 Å². The summed E-state index contributed by atoms with van der Waals surface area (Å²) >= 11 is 0. The Morgan fingerprint density at radius 2 is 2.11 bits per heavy atom. The van der Waals surface area contributed by atoms with Gasteiger partial charge < -0.3 is 0 Å². The minimum Gasteiger partial charge on any atom is -0.261 e. The fourth-order valence-corrected chi connectivity index (χ4v) is 0.829. The number of hydrogen-bond acceptors (Lipinski definition) is 2. The highest BCUT2D eigenvalue weighted by atomic mass is 15.3. The van der Waals surface area contributed by atoms with Crippen molar-refractivity contribution in [3.05, 3.63) is 0 Å². The summed E-state index contributed by atoms with van der Waals surface area (Å²) in [5.41, 5.74) is 6.06. The van der Waals surface area contributed by atoms with Gasteiger partial charge in [0.2, 0.25) is 0 Å². The van der Waals surface area contributed by atoms with Crippen molar-refractivity contribution < 1.29 is 0 Å². The molecule has 0 aliphatic rings. The number of hydrogen-bond donors (Lipinski definition) is 2. The molecule has 0 fully saturated rings. The lowest BCUT2D eigenvalue weighted by molar-refractivity contribution is 0.450. The molecule has 0 bridgehead atoms. The van der Waals surface area contributed by atoms with Crippen LogP contribution in [0.4, 0.5) is 0 Å². The molecule has 1 atom stereocenters. The minimum absolute atomic E-state index is 0.606. The van der Waals surface area contributed by atoms with Gasteiger partial charge in [-0.1, -0.05) is 19.8 Å². The van der Waals surface area contributed by atoms with Crippen molar-refractivity contribution in [2.45, 2.75) is 39.2 Å². The van der Waals surface area contributed by atoms with Gasteiger partial charge in [-0.2, -0.15) is 0 Å². The maximum Gasteiger partial charge on any atom is 0.0184 e. The number of hydrazine groups is 1. The van der Waals surface area contributed by atoms with Gasteiger partial charge in [0.15, 0.2) is 0 Å².